The molecule has 0 radical (unpaired) electrons. The number of aromatic nitrogens is 2. The fraction of sp³-hybridized carbons (Fsp3) is 0.375. The van der Waals surface area contributed by atoms with E-state index in [-0.39, 0.29) is 18.3 Å². The molecular formula is C16H20BrClN4O. The second kappa shape index (κ2) is 7.95. The van der Waals surface area contributed by atoms with E-state index < -0.39 is 0 Å². The van der Waals surface area contributed by atoms with E-state index in [0.29, 0.717) is 12.2 Å². The molecule has 0 fully saturated rings. The molecule has 0 atom stereocenters. The molecule has 1 aromatic heterocycles. The largest absolute Gasteiger partial charge is 0.349 e. The summed E-state index contributed by atoms with van der Waals surface area (Å²) in [4.78, 5) is 12.4. The maximum absolute atomic E-state index is 12.4. The first-order valence-corrected chi connectivity index (χ1v) is 8.29. The number of carbonyl (C=O) groups excluding carboxylic acids is 1. The highest BCUT2D eigenvalue weighted by Crippen LogP contribution is 2.28. The van der Waals surface area contributed by atoms with Crippen LogP contribution in [0.3, 0.4) is 0 Å². The predicted molar refractivity (Wildman–Crippen MR) is 96.8 cm³/mol. The average Bonchev–Trinajstić information content (AvgIpc) is 3.09. The molecule has 7 heteroatoms. The van der Waals surface area contributed by atoms with Crippen molar-refractivity contribution >= 4 is 34.2 Å². The number of fused-ring (bicyclic) bond motifs is 1. The summed E-state index contributed by atoms with van der Waals surface area (Å²) in [6.45, 7) is 1.36. The van der Waals surface area contributed by atoms with Crippen LogP contribution in [0.4, 0.5) is 0 Å². The quantitative estimate of drug-likeness (QED) is 0.760. The lowest BCUT2D eigenvalue weighted by Crippen LogP contribution is -2.31. The van der Waals surface area contributed by atoms with Gasteiger partial charge in [0.15, 0.2) is 5.69 Å². The molecule has 1 amide bonds. The standard InChI is InChI=1S/C16H19BrN4O.ClH/c1-18-8-9-19-16(22)15-13-6-3-7-14(13)21(20-15)12-5-2-4-11(17)10-12;/h2,4-5,10,18H,3,6-9H2,1H3,(H,19,22);1H. The van der Waals surface area contributed by atoms with Gasteiger partial charge in [-0.15, -0.1) is 12.4 Å². The summed E-state index contributed by atoms with van der Waals surface area (Å²) in [6, 6.07) is 8.00. The molecular weight excluding hydrogens is 380 g/mol. The van der Waals surface area contributed by atoms with Crippen LogP contribution in [0.25, 0.3) is 5.69 Å². The van der Waals surface area contributed by atoms with Crippen molar-refractivity contribution in [1.29, 1.82) is 0 Å². The van der Waals surface area contributed by atoms with E-state index in [1.807, 2.05) is 36.0 Å². The molecule has 2 N–H and O–H groups in total. The van der Waals surface area contributed by atoms with Crippen LogP contribution in [0.5, 0.6) is 0 Å². The zero-order valence-electron chi connectivity index (χ0n) is 12.9. The first kappa shape index (κ1) is 18.0. The molecule has 5 nitrogen and oxygen atoms in total. The summed E-state index contributed by atoms with van der Waals surface area (Å²) < 4.78 is 2.92. The molecule has 0 aliphatic heterocycles. The lowest BCUT2D eigenvalue weighted by Gasteiger charge is -2.06. The molecule has 0 spiro atoms. The van der Waals surface area contributed by atoms with E-state index >= 15 is 0 Å². The fourth-order valence-electron chi connectivity index (χ4n) is 2.83. The predicted octanol–water partition coefficient (Wildman–Crippen LogP) is 2.49. The Morgan fingerprint density at radius 2 is 2.17 bits per heavy atom. The maximum Gasteiger partial charge on any atom is 0.272 e. The minimum atomic E-state index is -0.0813. The normalized spacial score (nSPS) is 12.6. The summed E-state index contributed by atoms with van der Waals surface area (Å²) >= 11 is 3.49. The van der Waals surface area contributed by atoms with Gasteiger partial charge in [0.1, 0.15) is 0 Å². The minimum absolute atomic E-state index is 0. The number of hydrogen-bond donors (Lipinski definition) is 2. The number of hydrogen-bond acceptors (Lipinski definition) is 3. The first-order chi connectivity index (χ1) is 10.7. The maximum atomic E-state index is 12.4. The monoisotopic (exact) mass is 398 g/mol. The van der Waals surface area contributed by atoms with Gasteiger partial charge in [-0.1, -0.05) is 22.0 Å². The number of nitrogens with one attached hydrogen (secondary N) is 2. The number of amides is 1. The molecule has 23 heavy (non-hydrogen) atoms. The van der Waals surface area contributed by atoms with Crippen molar-refractivity contribution in [2.45, 2.75) is 19.3 Å². The zero-order valence-corrected chi connectivity index (χ0v) is 15.3. The van der Waals surface area contributed by atoms with Crippen molar-refractivity contribution in [3.05, 3.63) is 45.7 Å². The van der Waals surface area contributed by atoms with Gasteiger partial charge in [0, 0.05) is 28.8 Å². The fourth-order valence-corrected chi connectivity index (χ4v) is 3.21. The molecule has 1 aliphatic carbocycles. The van der Waals surface area contributed by atoms with E-state index in [1.165, 1.54) is 0 Å². The second-order valence-electron chi connectivity index (χ2n) is 5.38. The Morgan fingerprint density at radius 3 is 2.91 bits per heavy atom. The number of likely N-dealkylation sites (N-methyl/N-ethyl adjacent to an activating group) is 1. The zero-order chi connectivity index (χ0) is 15.5. The Morgan fingerprint density at radius 1 is 1.35 bits per heavy atom. The molecule has 3 rings (SSSR count). The molecule has 0 bridgehead atoms. The van der Waals surface area contributed by atoms with Crippen molar-refractivity contribution in [3.8, 4) is 5.69 Å². The molecule has 1 heterocycles. The van der Waals surface area contributed by atoms with E-state index in [2.05, 4.69) is 31.7 Å². The van der Waals surface area contributed by atoms with Crippen LogP contribution in [0.2, 0.25) is 0 Å². The number of nitrogens with zero attached hydrogens (tertiary/aromatic N) is 2. The van der Waals surface area contributed by atoms with Crippen molar-refractivity contribution < 1.29 is 4.79 Å². The third kappa shape index (κ3) is 3.76. The van der Waals surface area contributed by atoms with Gasteiger partial charge in [-0.25, -0.2) is 4.68 Å². The molecule has 0 saturated carbocycles. The van der Waals surface area contributed by atoms with E-state index in [4.69, 9.17) is 0 Å². The summed E-state index contributed by atoms with van der Waals surface area (Å²) in [5, 5.41) is 10.5. The molecule has 0 unspecified atom stereocenters. The van der Waals surface area contributed by atoms with Crippen LogP contribution in [0.15, 0.2) is 28.7 Å². The van der Waals surface area contributed by atoms with Crippen LogP contribution in [-0.2, 0) is 12.8 Å². The van der Waals surface area contributed by atoms with Crippen molar-refractivity contribution in [2.24, 2.45) is 0 Å². The Bertz CT molecular complexity index is 701. The summed E-state index contributed by atoms with van der Waals surface area (Å²) in [5.74, 6) is -0.0813. The highest BCUT2D eigenvalue weighted by Gasteiger charge is 2.26. The van der Waals surface area contributed by atoms with Crippen LogP contribution < -0.4 is 10.6 Å². The van der Waals surface area contributed by atoms with Crippen molar-refractivity contribution in [3.63, 3.8) is 0 Å². The highest BCUT2D eigenvalue weighted by atomic mass is 79.9. The van der Waals surface area contributed by atoms with Crippen LogP contribution in [0.1, 0.15) is 28.2 Å². The van der Waals surface area contributed by atoms with Gasteiger partial charge in [0.05, 0.1) is 5.69 Å². The average molecular weight is 400 g/mol. The van der Waals surface area contributed by atoms with Crippen LogP contribution in [0, 0.1) is 0 Å². The summed E-state index contributed by atoms with van der Waals surface area (Å²) in [5.41, 5.74) is 3.82. The molecule has 1 aromatic carbocycles. The van der Waals surface area contributed by atoms with Gasteiger partial charge in [0.25, 0.3) is 5.91 Å². The Kier molecular flexibility index (Phi) is 6.21. The number of halogens is 2. The summed E-state index contributed by atoms with van der Waals surface area (Å²) in [6.07, 6.45) is 2.98. The Hall–Kier alpha value is -1.37. The SMILES string of the molecule is CNCCNC(=O)c1nn(-c2cccc(Br)c2)c2c1CCC2.Cl. The van der Waals surface area contributed by atoms with Gasteiger partial charge < -0.3 is 10.6 Å². The van der Waals surface area contributed by atoms with Crippen LogP contribution >= 0.6 is 28.3 Å². The first-order valence-electron chi connectivity index (χ1n) is 7.50. The van der Waals surface area contributed by atoms with E-state index in [9.17, 15) is 4.79 Å². The highest BCUT2D eigenvalue weighted by molar-refractivity contribution is 9.10. The molecule has 124 valence electrons. The third-order valence-corrected chi connectivity index (χ3v) is 4.35. The lowest BCUT2D eigenvalue weighted by molar-refractivity contribution is 0.0948. The number of rotatable bonds is 5. The van der Waals surface area contributed by atoms with Crippen molar-refractivity contribution in [2.75, 3.05) is 20.1 Å². The number of carbonyl (C=O) groups is 1. The lowest BCUT2D eigenvalue weighted by atomic mass is 10.2. The number of benzene rings is 1. The molecule has 2 aromatic rings. The van der Waals surface area contributed by atoms with Gasteiger partial charge in [-0.2, -0.15) is 5.10 Å². The smallest absolute Gasteiger partial charge is 0.272 e. The van der Waals surface area contributed by atoms with E-state index in [1.54, 1.807) is 0 Å². The Balaban J connectivity index is 0.00000192. The van der Waals surface area contributed by atoms with Gasteiger partial charge in [-0.05, 0) is 44.5 Å². The molecule has 0 saturated heterocycles. The van der Waals surface area contributed by atoms with Crippen molar-refractivity contribution in [1.82, 2.24) is 20.4 Å². The summed E-state index contributed by atoms with van der Waals surface area (Å²) in [7, 11) is 1.87. The van der Waals surface area contributed by atoms with Crippen LogP contribution in [-0.4, -0.2) is 35.8 Å². The second-order valence-corrected chi connectivity index (χ2v) is 6.29. The third-order valence-electron chi connectivity index (χ3n) is 3.86. The van der Waals surface area contributed by atoms with Gasteiger partial charge in [0.2, 0.25) is 0 Å². The topological polar surface area (TPSA) is 58.9 Å². The van der Waals surface area contributed by atoms with Gasteiger partial charge >= 0.3 is 0 Å². The molecule has 1 aliphatic rings. The minimum Gasteiger partial charge on any atom is -0.349 e. The van der Waals surface area contributed by atoms with E-state index in [0.717, 1.165) is 47.2 Å². The Labute approximate surface area is 150 Å². The van der Waals surface area contributed by atoms with Gasteiger partial charge in [-0.3, -0.25) is 4.79 Å².